The van der Waals surface area contributed by atoms with Crippen LogP contribution in [0.25, 0.3) is 16.6 Å². The number of aryl methyl sites for hydroxylation is 3. The highest BCUT2D eigenvalue weighted by Crippen LogP contribution is 2.23. The highest BCUT2D eigenvalue weighted by molar-refractivity contribution is 9.10. The van der Waals surface area contributed by atoms with Gasteiger partial charge in [-0.15, -0.1) is 0 Å². The average molecular weight is 471 g/mol. The van der Waals surface area contributed by atoms with Gasteiger partial charge in [-0.1, -0.05) is 35.0 Å². The molecule has 0 radical (unpaired) electrons. The number of benzene rings is 1. The van der Waals surface area contributed by atoms with E-state index in [0.29, 0.717) is 43.5 Å². The second kappa shape index (κ2) is 8.47. The third-order valence-electron chi connectivity index (χ3n) is 5.03. The summed E-state index contributed by atoms with van der Waals surface area (Å²) in [5, 5.41) is 7.45. The molecule has 1 amide bonds. The van der Waals surface area contributed by atoms with Crippen molar-refractivity contribution in [3.05, 3.63) is 68.4 Å². The van der Waals surface area contributed by atoms with Gasteiger partial charge in [0, 0.05) is 42.5 Å². The van der Waals surface area contributed by atoms with Crippen molar-refractivity contribution in [2.24, 2.45) is 0 Å². The Kier molecular flexibility index (Phi) is 5.76. The molecule has 0 saturated heterocycles. The van der Waals surface area contributed by atoms with E-state index < -0.39 is 0 Å². The topological polar surface area (TPSA) is 81.5 Å². The number of halogens is 1. The summed E-state index contributed by atoms with van der Waals surface area (Å²) in [6, 6.07) is 11.5. The maximum absolute atomic E-state index is 12.9. The SMILES string of the molecule is CCc1nn(CCCC(=O)NCc2cccc(Br)c2)c(=O)c2cc3oc(C)cc3n12. The van der Waals surface area contributed by atoms with Crippen molar-refractivity contribution in [1.29, 1.82) is 0 Å². The highest BCUT2D eigenvalue weighted by Gasteiger charge is 2.16. The predicted molar refractivity (Wildman–Crippen MR) is 119 cm³/mol. The van der Waals surface area contributed by atoms with Gasteiger partial charge in [0.2, 0.25) is 5.91 Å². The zero-order chi connectivity index (χ0) is 21.3. The van der Waals surface area contributed by atoms with Gasteiger partial charge < -0.3 is 9.73 Å². The quantitative estimate of drug-likeness (QED) is 0.442. The molecule has 0 aliphatic rings. The summed E-state index contributed by atoms with van der Waals surface area (Å²) >= 11 is 3.42. The van der Waals surface area contributed by atoms with Gasteiger partial charge in [0.05, 0.1) is 5.52 Å². The molecule has 7 nitrogen and oxygen atoms in total. The monoisotopic (exact) mass is 470 g/mol. The molecule has 156 valence electrons. The predicted octanol–water partition coefficient (Wildman–Crippen LogP) is 3.97. The molecule has 1 N–H and O–H groups in total. The molecule has 30 heavy (non-hydrogen) atoms. The minimum absolute atomic E-state index is 0.0458. The van der Waals surface area contributed by atoms with E-state index in [0.717, 1.165) is 27.1 Å². The molecule has 1 aromatic carbocycles. The lowest BCUT2D eigenvalue weighted by molar-refractivity contribution is -0.121. The third-order valence-corrected chi connectivity index (χ3v) is 5.52. The number of nitrogens with zero attached hydrogens (tertiary/aromatic N) is 3. The number of hydrogen-bond donors (Lipinski definition) is 1. The largest absolute Gasteiger partial charge is 0.460 e. The fourth-order valence-electron chi connectivity index (χ4n) is 3.62. The van der Waals surface area contributed by atoms with Crippen LogP contribution in [0.3, 0.4) is 0 Å². The Labute approximate surface area is 181 Å². The van der Waals surface area contributed by atoms with Crippen molar-refractivity contribution in [1.82, 2.24) is 19.5 Å². The molecule has 8 heteroatoms. The number of carbonyl (C=O) groups is 1. The van der Waals surface area contributed by atoms with Crippen molar-refractivity contribution in [2.45, 2.75) is 46.2 Å². The van der Waals surface area contributed by atoms with Crippen molar-refractivity contribution in [2.75, 3.05) is 0 Å². The molecule has 4 aromatic rings. The number of fused-ring (bicyclic) bond motifs is 3. The minimum Gasteiger partial charge on any atom is -0.460 e. The second-order valence-electron chi connectivity index (χ2n) is 7.28. The van der Waals surface area contributed by atoms with Crippen LogP contribution in [-0.4, -0.2) is 20.1 Å². The average Bonchev–Trinajstić information content (AvgIpc) is 3.25. The molecule has 3 heterocycles. The first-order valence-electron chi connectivity index (χ1n) is 9.99. The van der Waals surface area contributed by atoms with Crippen LogP contribution in [0, 0.1) is 6.92 Å². The van der Waals surface area contributed by atoms with E-state index in [1.54, 1.807) is 6.07 Å². The summed E-state index contributed by atoms with van der Waals surface area (Å²) in [6.07, 6.45) is 1.54. The lowest BCUT2D eigenvalue weighted by Crippen LogP contribution is -2.28. The number of nitrogens with one attached hydrogen (secondary N) is 1. The van der Waals surface area contributed by atoms with E-state index in [1.165, 1.54) is 4.68 Å². The Balaban J connectivity index is 1.44. The van der Waals surface area contributed by atoms with Crippen molar-refractivity contribution in [3.63, 3.8) is 0 Å². The Hall–Kier alpha value is -2.87. The summed E-state index contributed by atoms with van der Waals surface area (Å²) in [6.45, 7) is 4.75. The van der Waals surface area contributed by atoms with Crippen LogP contribution >= 0.6 is 15.9 Å². The van der Waals surface area contributed by atoms with E-state index in [4.69, 9.17) is 4.42 Å². The van der Waals surface area contributed by atoms with Crippen LogP contribution in [0.1, 0.15) is 36.9 Å². The van der Waals surface area contributed by atoms with E-state index in [9.17, 15) is 9.59 Å². The molecular formula is C22H23BrN4O3. The van der Waals surface area contributed by atoms with Gasteiger partial charge in [0.1, 0.15) is 17.1 Å². The summed E-state index contributed by atoms with van der Waals surface area (Å²) in [5.41, 5.74) is 2.95. The number of rotatable bonds is 7. The van der Waals surface area contributed by atoms with E-state index in [1.807, 2.05) is 48.6 Å². The summed E-state index contributed by atoms with van der Waals surface area (Å²) in [7, 11) is 0. The smallest absolute Gasteiger partial charge is 0.291 e. The van der Waals surface area contributed by atoms with Crippen LogP contribution in [0.2, 0.25) is 0 Å². The van der Waals surface area contributed by atoms with Crippen LogP contribution < -0.4 is 10.9 Å². The van der Waals surface area contributed by atoms with Gasteiger partial charge in [-0.25, -0.2) is 4.68 Å². The number of carbonyl (C=O) groups excluding carboxylic acids is 1. The molecular weight excluding hydrogens is 448 g/mol. The van der Waals surface area contributed by atoms with E-state index >= 15 is 0 Å². The number of amides is 1. The maximum Gasteiger partial charge on any atom is 0.291 e. The standard InChI is InChI=1S/C22H23BrN4O3/c1-3-20-25-26(22(29)18-12-19-17(27(18)20)10-14(2)30-19)9-5-8-21(28)24-13-15-6-4-7-16(23)11-15/h4,6-7,10-12H,3,5,8-9,13H2,1-2H3,(H,24,28). The first kappa shape index (κ1) is 20.4. The molecule has 0 spiro atoms. The van der Waals surface area contributed by atoms with Crippen LogP contribution in [0.15, 0.2) is 50.1 Å². The Morgan fingerprint density at radius 2 is 2.07 bits per heavy atom. The van der Waals surface area contributed by atoms with Crippen LogP contribution in [0.4, 0.5) is 0 Å². The molecule has 0 saturated carbocycles. The lowest BCUT2D eigenvalue weighted by Gasteiger charge is -2.10. The van der Waals surface area contributed by atoms with Gasteiger partial charge in [-0.05, 0) is 31.0 Å². The van der Waals surface area contributed by atoms with E-state index in [2.05, 4.69) is 26.3 Å². The fourth-order valence-corrected chi connectivity index (χ4v) is 4.07. The zero-order valence-corrected chi connectivity index (χ0v) is 18.5. The first-order valence-corrected chi connectivity index (χ1v) is 10.8. The van der Waals surface area contributed by atoms with Crippen molar-refractivity contribution < 1.29 is 9.21 Å². The highest BCUT2D eigenvalue weighted by atomic mass is 79.9. The molecule has 0 unspecified atom stereocenters. The zero-order valence-electron chi connectivity index (χ0n) is 16.9. The Bertz CT molecular complexity index is 1290. The molecule has 0 fully saturated rings. The Morgan fingerprint density at radius 1 is 1.23 bits per heavy atom. The number of aromatic nitrogens is 3. The van der Waals surface area contributed by atoms with Crippen molar-refractivity contribution >= 4 is 38.5 Å². The van der Waals surface area contributed by atoms with Gasteiger partial charge in [0.15, 0.2) is 5.58 Å². The van der Waals surface area contributed by atoms with Gasteiger partial charge >= 0.3 is 0 Å². The van der Waals surface area contributed by atoms with Gasteiger partial charge in [0.25, 0.3) is 5.56 Å². The molecule has 0 aliphatic heterocycles. The molecule has 3 aromatic heterocycles. The lowest BCUT2D eigenvalue weighted by atomic mass is 10.2. The maximum atomic E-state index is 12.9. The van der Waals surface area contributed by atoms with Crippen molar-refractivity contribution in [3.8, 4) is 0 Å². The third kappa shape index (κ3) is 4.05. The Morgan fingerprint density at radius 3 is 2.83 bits per heavy atom. The number of furan rings is 1. The van der Waals surface area contributed by atoms with Crippen LogP contribution in [0.5, 0.6) is 0 Å². The fraction of sp³-hybridized carbons (Fsp3) is 0.318. The van der Waals surface area contributed by atoms with Crippen LogP contribution in [-0.2, 0) is 24.3 Å². The molecule has 0 bridgehead atoms. The molecule has 0 aliphatic carbocycles. The normalized spacial score (nSPS) is 11.4. The summed E-state index contributed by atoms with van der Waals surface area (Å²) in [5.74, 6) is 1.55. The van der Waals surface area contributed by atoms with Gasteiger partial charge in [-0.2, -0.15) is 5.10 Å². The second-order valence-corrected chi connectivity index (χ2v) is 8.20. The molecule has 4 rings (SSSR count). The number of hydrogen-bond acceptors (Lipinski definition) is 4. The molecule has 0 atom stereocenters. The minimum atomic E-state index is -0.175. The summed E-state index contributed by atoms with van der Waals surface area (Å²) < 4.78 is 9.99. The first-order chi connectivity index (χ1) is 14.5. The van der Waals surface area contributed by atoms with Gasteiger partial charge in [-0.3, -0.25) is 14.0 Å². The van der Waals surface area contributed by atoms with E-state index in [-0.39, 0.29) is 11.5 Å². The summed E-state index contributed by atoms with van der Waals surface area (Å²) in [4.78, 5) is 25.1.